The fourth-order valence-corrected chi connectivity index (χ4v) is 1.56. The van der Waals surface area contributed by atoms with Crippen molar-refractivity contribution in [2.24, 2.45) is 5.73 Å². The van der Waals surface area contributed by atoms with Crippen molar-refractivity contribution in [2.45, 2.75) is 39.3 Å². The first kappa shape index (κ1) is 9.01. The van der Waals surface area contributed by atoms with E-state index in [0.717, 1.165) is 0 Å². The van der Waals surface area contributed by atoms with Crippen LogP contribution in [0.25, 0.3) is 0 Å². The molecule has 1 saturated heterocycles. The first-order valence-corrected chi connectivity index (χ1v) is 4.51. The Labute approximate surface area is 69.8 Å². The first-order chi connectivity index (χ1) is 5.22. The molecular formula is C9H19N2. The lowest BCUT2D eigenvalue weighted by Gasteiger charge is -2.33. The molecule has 0 spiro atoms. The number of hydrogen-bond acceptors (Lipinski definition) is 2. The largest absolute Gasteiger partial charge is 0.315 e. The molecular weight excluding hydrogens is 136 g/mol. The van der Waals surface area contributed by atoms with Crippen molar-refractivity contribution in [3.63, 3.8) is 0 Å². The molecule has 0 aromatic carbocycles. The number of rotatable bonds is 2. The average Bonchev–Trinajstić information content (AvgIpc) is 2.05. The van der Waals surface area contributed by atoms with Gasteiger partial charge in [-0.05, 0) is 25.9 Å². The molecule has 1 aliphatic rings. The maximum absolute atomic E-state index is 5.98. The van der Waals surface area contributed by atoms with E-state index in [0.29, 0.717) is 0 Å². The van der Waals surface area contributed by atoms with Gasteiger partial charge in [0.25, 0.3) is 0 Å². The topological polar surface area (TPSA) is 29.3 Å². The predicted octanol–water partition coefficient (Wildman–Crippen LogP) is 1.37. The van der Waals surface area contributed by atoms with Crippen LogP contribution in [0.5, 0.6) is 0 Å². The lowest BCUT2D eigenvalue weighted by atomic mass is 10.1. The molecule has 2 nitrogen and oxygen atoms in total. The van der Waals surface area contributed by atoms with Crippen LogP contribution in [-0.2, 0) is 0 Å². The molecule has 0 saturated carbocycles. The molecule has 65 valence electrons. The SMILES string of the molecule is C[C](C)C(N)N1CCCCC1. The summed E-state index contributed by atoms with van der Waals surface area (Å²) in [4.78, 5) is 2.37. The molecule has 0 amide bonds. The zero-order valence-electron chi connectivity index (χ0n) is 7.64. The molecule has 0 aromatic rings. The molecule has 1 atom stereocenters. The van der Waals surface area contributed by atoms with Gasteiger partial charge in [0.1, 0.15) is 0 Å². The minimum Gasteiger partial charge on any atom is -0.315 e. The van der Waals surface area contributed by atoms with Crippen LogP contribution >= 0.6 is 0 Å². The van der Waals surface area contributed by atoms with E-state index < -0.39 is 0 Å². The van der Waals surface area contributed by atoms with Crippen LogP contribution in [0.1, 0.15) is 33.1 Å². The zero-order valence-corrected chi connectivity index (χ0v) is 7.64. The van der Waals surface area contributed by atoms with Crippen LogP contribution in [0.2, 0.25) is 0 Å². The van der Waals surface area contributed by atoms with Gasteiger partial charge in [0.05, 0.1) is 6.17 Å². The standard InChI is InChI=1S/C9H19N2/c1-8(2)9(10)11-6-4-3-5-7-11/h9H,3-7,10H2,1-2H3. The van der Waals surface area contributed by atoms with Gasteiger partial charge in [-0.1, -0.05) is 20.3 Å². The van der Waals surface area contributed by atoms with Crippen molar-refractivity contribution in [3.05, 3.63) is 5.92 Å². The zero-order chi connectivity index (χ0) is 8.27. The number of nitrogens with zero attached hydrogens (tertiary/aromatic N) is 1. The van der Waals surface area contributed by atoms with Crippen molar-refractivity contribution in [3.8, 4) is 0 Å². The highest BCUT2D eigenvalue weighted by molar-refractivity contribution is 4.91. The summed E-state index contributed by atoms with van der Waals surface area (Å²) >= 11 is 0. The van der Waals surface area contributed by atoms with Gasteiger partial charge in [0.2, 0.25) is 0 Å². The van der Waals surface area contributed by atoms with E-state index in [1.54, 1.807) is 0 Å². The van der Waals surface area contributed by atoms with Crippen LogP contribution in [-0.4, -0.2) is 24.2 Å². The van der Waals surface area contributed by atoms with Gasteiger partial charge in [-0.25, -0.2) is 0 Å². The van der Waals surface area contributed by atoms with Crippen molar-refractivity contribution < 1.29 is 0 Å². The molecule has 0 bridgehead atoms. The molecule has 1 fully saturated rings. The van der Waals surface area contributed by atoms with E-state index in [9.17, 15) is 0 Å². The monoisotopic (exact) mass is 155 g/mol. The van der Waals surface area contributed by atoms with Gasteiger partial charge >= 0.3 is 0 Å². The van der Waals surface area contributed by atoms with Crippen molar-refractivity contribution in [2.75, 3.05) is 13.1 Å². The lowest BCUT2D eigenvalue weighted by molar-refractivity contribution is 0.174. The Kier molecular flexibility index (Phi) is 3.34. The third kappa shape index (κ3) is 2.46. The lowest BCUT2D eigenvalue weighted by Crippen LogP contribution is -2.47. The summed E-state index contributed by atoms with van der Waals surface area (Å²) in [7, 11) is 0. The van der Waals surface area contributed by atoms with Crippen LogP contribution in [0.4, 0.5) is 0 Å². The van der Waals surface area contributed by atoms with E-state index in [4.69, 9.17) is 5.73 Å². The van der Waals surface area contributed by atoms with Crippen LogP contribution in [0.15, 0.2) is 0 Å². The Morgan fingerprint density at radius 2 is 1.73 bits per heavy atom. The second kappa shape index (κ2) is 4.07. The molecule has 11 heavy (non-hydrogen) atoms. The maximum Gasteiger partial charge on any atom is 0.0630 e. The Morgan fingerprint density at radius 1 is 1.18 bits per heavy atom. The molecule has 0 aromatic heterocycles. The minimum atomic E-state index is 0.204. The Bertz CT molecular complexity index is 106. The Morgan fingerprint density at radius 3 is 2.18 bits per heavy atom. The molecule has 1 aliphatic heterocycles. The number of nitrogens with two attached hydrogens (primary N) is 1. The predicted molar refractivity (Wildman–Crippen MR) is 48.0 cm³/mol. The van der Waals surface area contributed by atoms with E-state index in [1.165, 1.54) is 38.3 Å². The number of piperidine rings is 1. The molecule has 2 heteroatoms. The van der Waals surface area contributed by atoms with Gasteiger partial charge in [-0.2, -0.15) is 0 Å². The Balaban J connectivity index is 2.32. The third-order valence-electron chi connectivity index (χ3n) is 2.38. The first-order valence-electron chi connectivity index (χ1n) is 4.51. The van der Waals surface area contributed by atoms with Gasteiger partial charge < -0.3 is 5.73 Å². The third-order valence-corrected chi connectivity index (χ3v) is 2.38. The molecule has 1 rings (SSSR count). The summed E-state index contributed by atoms with van der Waals surface area (Å²) in [6, 6.07) is 0. The molecule has 0 aliphatic carbocycles. The van der Waals surface area contributed by atoms with E-state index in [-0.39, 0.29) is 6.17 Å². The van der Waals surface area contributed by atoms with Crippen LogP contribution < -0.4 is 5.73 Å². The second-order valence-corrected chi connectivity index (χ2v) is 3.62. The van der Waals surface area contributed by atoms with Crippen LogP contribution in [0.3, 0.4) is 0 Å². The number of likely N-dealkylation sites (tertiary alicyclic amines) is 1. The van der Waals surface area contributed by atoms with E-state index in [2.05, 4.69) is 18.7 Å². The van der Waals surface area contributed by atoms with Crippen molar-refractivity contribution in [1.82, 2.24) is 4.90 Å². The minimum absolute atomic E-state index is 0.204. The summed E-state index contributed by atoms with van der Waals surface area (Å²) in [5.41, 5.74) is 5.98. The summed E-state index contributed by atoms with van der Waals surface area (Å²) in [5.74, 6) is 1.33. The molecule has 1 radical (unpaired) electrons. The van der Waals surface area contributed by atoms with Crippen molar-refractivity contribution >= 4 is 0 Å². The normalized spacial score (nSPS) is 24.0. The highest BCUT2D eigenvalue weighted by Crippen LogP contribution is 2.14. The summed E-state index contributed by atoms with van der Waals surface area (Å²) in [6.07, 6.45) is 4.23. The highest BCUT2D eigenvalue weighted by Gasteiger charge is 2.19. The smallest absolute Gasteiger partial charge is 0.0630 e. The quantitative estimate of drug-likeness (QED) is 0.652. The van der Waals surface area contributed by atoms with Crippen LogP contribution in [0, 0.1) is 5.92 Å². The maximum atomic E-state index is 5.98. The van der Waals surface area contributed by atoms with Crippen molar-refractivity contribution in [1.29, 1.82) is 0 Å². The number of hydrogen-bond donors (Lipinski definition) is 1. The van der Waals surface area contributed by atoms with E-state index in [1.807, 2.05) is 0 Å². The summed E-state index contributed by atoms with van der Waals surface area (Å²) in [6.45, 7) is 6.59. The van der Waals surface area contributed by atoms with Gasteiger partial charge in [-0.15, -0.1) is 0 Å². The van der Waals surface area contributed by atoms with Gasteiger partial charge in [0, 0.05) is 5.92 Å². The fourth-order valence-electron chi connectivity index (χ4n) is 1.56. The fraction of sp³-hybridized carbons (Fsp3) is 0.889. The second-order valence-electron chi connectivity index (χ2n) is 3.62. The molecule has 1 heterocycles. The van der Waals surface area contributed by atoms with Gasteiger partial charge in [-0.3, -0.25) is 4.90 Å². The Hall–Kier alpha value is -0.0800. The average molecular weight is 155 g/mol. The van der Waals surface area contributed by atoms with Gasteiger partial charge in [0.15, 0.2) is 0 Å². The molecule has 2 N–H and O–H groups in total. The summed E-state index contributed by atoms with van der Waals surface area (Å²) < 4.78 is 0. The highest BCUT2D eigenvalue weighted by atomic mass is 15.2. The summed E-state index contributed by atoms with van der Waals surface area (Å²) in [5, 5.41) is 0. The van der Waals surface area contributed by atoms with E-state index >= 15 is 0 Å². The molecule has 1 unspecified atom stereocenters.